The lowest BCUT2D eigenvalue weighted by Gasteiger charge is -2.15. The van der Waals surface area contributed by atoms with E-state index in [1.165, 1.54) is 37.1 Å². The fourth-order valence-corrected chi connectivity index (χ4v) is 3.65. The van der Waals surface area contributed by atoms with E-state index in [0.717, 1.165) is 23.6 Å². The smallest absolute Gasteiger partial charge is 0.244 e. The van der Waals surface area contributed by atoms with Crippen molar-refractivity contribution in [3.05, 3.63) is 65.2 Å². The van der Waals surface area contributed by atoms with Crippen LogP contribution in [0.2, 0.25) is 0 Å². The lowest BCUT2D eigenvalue weighted by Crippen LogP contribution is -3.08. The second-order valence-electron chi connectivity index (χ2n) is 7.07. The topological polar surface area (TPSA) is 52.0 Å². The Balaban J connectivity index is 1.34. The molecule has 0 spiro atoms. The molecule has 2 aromatic carbocycles. The van der Waals surface area contributed by atoms with Crippen LogP contribution < -0.4 is 19.7 Å². The fraction of sp³-hybridized carbons (Fsp3) is 0.318. The summed E-state index contributed by atoms with van der Waals surface area (Å²) in [4.78, 5) is 13.9. The summed E-state index contributed by atoms with van der Waals surface area (Å²) in [6.45, 7) is 4.34. The number of ether oxygens (including phenoxy) is 2. The predicted octanol–water partition coefficient (Wildman–Crippen LogP) is 1.92. The molecule has 1 fully saturated rings. The summed E-state index contributed by atoms with van der Waals surface area (Å²) in [5.41, 5.74) is 3.43. The Morgan fingerprint density at radius 1 is 1.04 bits per heavy atom. The Bertz CT molecular complexity index is 841. The van der Waals surface area contributed by atoms with Crippen LogP contribution in [0.5, 0.6) is 11.5 Å². The van der Waals surface area contributed by atoms with Gasteiger partial charge in [0.1, 0.15) is 6.54 Å². The van der Waals surface area contributed by atoms with Gasteiger partial charge in [0.15, 0.2) is 11.5 Å². The highest BCUT2D eigenvalue weighted by molar-refractivity contribution is 5.91. The number of hydrogen-bond donors (Lipinski definition) is 2. The van der Waals surface area contributed by atoms with Gasteiger partial charge in [0.05, 0.1) is 13.1 Å². The molecule has 0 aromatic heterocycles. The zero-order valence-corrected chi connectivity index (χ0v) is 15.4. The van der Waals surface area contributed by atoms with Crippen LogP contribution in [0.4, 0.5) is 0 Å². The van der Waals surface area contributed by atoms with E-state index in [9.17, 15) is 4.79 Å². The average molecular weight is 365 g/mol. The molecule has 2 aromatic rings. The third-order valence-electron chi connectivity index (χ3n) is 5.15. The van der Waals surface area contributed by atoms with Crippen molar-refractivity contribution in [3.63, 3.8) is 0 Å². The molecule has 0 unspecified atom stereocenters. The number of fused-ring (bicyclic) bond motifs is 1. The quantitative estimate of drug-likeness (QED) is 0.769. The normalized spacial score (nSPS) is 16.1. The Morgan fingerprint density at radius 3 is 2.67 bits per heavy atom. The van der Waals surface area contributed by atoms with E-state index in [1.807, 2.05) is 24.3 Å². The molecule has 5 nitrogen and oxygen atoms in total. The second-order valence-corrected chi connectivity index (χ2v) is 7.07. The predicted molar refractivity (Wildman–Crippen MR) is 104 cm³/mol. The molecule has 1 saturated heterocycles. The van der Waals surface area contributed by atoms with Crippen molar-refractivity contribution in [2.24, 2.45) is 0 Å². The summed E-state index contributed by atoms with van der Waals surface area (Å²) >= 11 is 0. The molecule has 2 aliphatic heterocycles. The SMILES string of the molecule is O=C(/C=C/c1ccc2c(c1)OCO2)NCc1ccccc1C[NH+]1CCCC1. The summed E-state index contributed by atoms with van der Waals surface area (Å²) in [6, 6.07) is 14.0. The number of quaternary nitrogens is 1. The van der Waals surface area contributed by atoms with E-state index < -0.39 is 0 Å². The zero-order valence-electron chi connectivity index (χ0n) is 15.4. The standard InChI is InChI=1S/C22H24N2O3/c25-22(10-8-17-7-9-20-21(13-17)27-16-26-20)23-14-18-5-1-2-6-19(18)15-24-11-3-4-12-24/h1-2,5-10,13H,3-4,11-12,14-16H2,(H,23,25)/p+1/b10-8+. The van der Waals surface area contributed by atoms with Gasteiger partial charge in [0.25, 0.3) is 0 Å². The van der Waals surface area contributed by atoms with Crippen LogP contribution in [0.25, 0.3) is 6.08 Å². The Hall–Kier alpha value is -2.79. The lowest BCUT2D eigenvalue weighted by atomic mass is 10.1. The first-order valence-corrected chi connectivity index (χ1v) is 9.54. The number of nitrogens with one attached hydrogen (secondary N) is 2. The van der Waals surface area contributed by atoms with E-state index in [0.29, 0.717) is 6.54 Å². The summed E-state index contributed by atoms with van der Waals surface area (Å²) < 4.78 is 10.7. The number of carbonyl (C=O) groups is 1. The molecule has 2 N–H and O–H groups in total. The van der Waals surface area contributed by atoms with Gasteiger partial charge in [-0.05, 0) is 29.3 Å². The van der Waals surface area contributed by atoms with Crippen LogP contribution >= 0.6 is 0 Å². The third kappa shape index (κ3) is 4.49. The number of rotatable bonds is 6. The minimum Gasteiger partial charge on any atom is -0.454 e. The summed E-state index contributed by atoms with van der Waals surface area (Å²) in [5.74, 6) is 1.36. The maximum atomic E-state index is 12.2. The van der Waals surface area contributed by atoms with Crippen LogP contribution in [-0.2, 0) is 17.9 Å². The van der Waals surface area contributed by atoms with E-state index in [-0.39, 0.29) is 12.7 Å². The third-order valence-corrected chi connectivity index (χ3v) is 5.15. The largest absolute Gasteiger partial charge is 0.454 e. The van der Waals surface area contributed by atoms with Gasteiger partial charge in [0, 0.05) is 31.0 Å². The van der Waals surface area contributed by atoms with Crippen LogP contribution in [0, 0.1) is 0 Å². The molecule has 1 amide bonds. The monoisotopic (exact) mass is 365 g/mol. The molecule has 0 radical (unpaired) electrons. The summed E-state index contributed by atoms with van der Waals surface area (Å²) in [7, 11) is 0. The van der Waals surface area contributed by atoms with Crippen molar-refractivity contribution in [3.8, 4) is 11.5 Å². The molecular weight excluding hydrogens is 340 g/mol. The number of amides is 1. The maximum absolute atomic E-state index is 12.2. The van der Waals surface area contributed by atoms with E-state index in [4.69, 9.17) is 9.47 Å². The van der Waals surface area contributed by atoms with Gasteiger partial charge in [-0.1, -0.05) is 30.3 Å². The van der Waals surface area contributed by atoms with Gasteiger partial charge in [0.2, 0.25) is 12.7 Å². The average Bonchev–Trinajstić information content (AvgIpc) is 3.37. The second kappa shape index (κ2) is 8.27. The van der Waals surface area contributed by atoms with Gasteiger partial charge < -0.3 is 19.7 Å². The van der Waals surface area contributed by atoms with Gasteiger partial charge in [-0.25, -0.2) is 0 Å². The first kappa shape index (κ1) is 17.6. The molecule has 0 bridgehead atoms. The summed E-state index contributed by atoms with van der Waals surface area (Å²) in [6.07, 6.45) is 5.99. The van der Waals surface area contributed by atoms with Crippen LogP contribution in [0.3, 0.4) is 0 Å². The number of carbonyl (C=O) groups excluding carboxylic acids is 1. The highest BCUT2D eigenvalue weighted by Crippen LogP contribution is 2.32. The molecule has 0 saturated carbocycles. The Morgan fingerprint density at radius 2 is 1.81 bits per heavy atom. The van der Waals surface area contributed by atoms with Crippen LogP contribution in [0.1, 0.15) is 29.5 Å². The van der Waals surface area contributed by atoms with Gasteiger partial charge in [-0.3, -0.25) is 4.79 Å². The highest BCUT2D eigenvalue weighted by Gasteiger charge is 2.17. The van der Waals surface area contributed by atoms with Gasteiger partial charge in [-0.15, -0.1) is 0 Å². The van der Waals surface area contributed by atoms with Crippen molar-refractivity contribution in [2.45, 2.75) is 25.9 Å². The molecule has 0 aliphatic carbocycles. The molecule has 0 atom stereocenters. The maximum Gasteiger partial charge on any atom is 0.244 e. The van der Waals surface area contributed by atoms with Crippen LogP contribution in [-0.4, -0.2) is 25.8 Å². The van der Waals surface area contributed by atoms with Crippen molar-refractivity contribution in [1.29, 1.82) is 0 Å². The van der Waals surface area contributed by atoms with Crippen molar-refractivity contribution in [2.75, 3.05) is 19.9 Å². The molecule has 140 valence electrons. The minimum atomic E-state index is -0.101. The number of benzene rings is 2. The van der Waals surface area contributed by atoms with Crippen molar-refractivity contribution in [1.82, 2.24) is 5.32 Å². The van der Waals surface area contributed by atoms with E-state index >= 15 is 0 Å². The van der Waals surface area contributed by atoms with E-state index in [2.05, 4.69) is 23.5 Å². The lowest BCUT2D eigenvalue weighted by molar-refractivity contribution is -0.901. The summed E-state index contributed by atoms with van der Waals surface area (Å²) in [5, 5.41) is 3.00. The Kier molecular flexibility index (Phi) is 5.39. The fourth-order valence-electron chi connectivity index (χ4n) is 3.65. The molecule has 2 aliphatic rings. The highest BCUT2D eigenvalue weighted by atomic mass is 16.7. The van der Waals surface area contributed by atoms with Crippen molar-refractivity contribution < 1.29 is 19.2 Å². The zero-order chi connectivity index (χ0) is 18.5. The van der Waals surface area contributed by atoms with Gasteiger partial charge in [-0.2, -0.15) is 0 Å². The molecular formula is C22H25N2O3+. The first-order valence-electron chi connectivity index (χ1n) is 9.54. The molecule has 5 heteroatoms. The minimum absolute atomic E-state index is 0.101. The van der Waals surface area contributed by atoms with Crippen molar-refractivity contribution >= 4 is 12.0 Å². The molecule has 27 heavy (non-hydrogen) atoms. The number of hydrogen-bond acceptors (Lipinski definition) is 3. The van der Waals surface area contributed by atoms with Crippen LogP contribution in [0.15, 0.2) is 48.5 Å². The Labute approximate surface area is 159 Å². The molecule has 4 rings (SSSR count). The van der Waals surface area contributed by atoms with Gasteiger partial charge >= 0.3 is 0 Å². The molecule has 2 heterocycles. The number of likely N-dealkylation sites (tertiary alicyclic amines) is 1. The first-order chi connectivity index (χ1) is 13.3. The van der Waals surface area contributed by atoms with E-state index in [1.54, 1.807) is 17.1 Å².